The van der Waals surface area contributed by atoms with E-state index >= 15 is 0 Å². The molecule has 0 fully saturated rings. The van der Waals surface area contributed by atoms with Crippen molar-refractivity contribution in [3.63, 3.8) is 0 Å². The molecule has 0 aliphatic rings. The quantitative estimate of drug-likeness (QED) is 0.563. The Hall–Kier alpha value is -2.63. The summed E-state index contributed by atoms with van der Waals surface area (Å²) in [6.45, 7) is 4.83. The second kappa shape index (κ2) is 8.48. The van der Waals surface area contributed by atoms with Crippen molar-refractivity contribution in [2.45, 2.75) is 37.6 Å². The first-order valence-electron chi connectivity index (χ1n) is 8.90. The first-order valence-corrected chi connectivity index (χ1v) is 10.8. The molecule has 2 atom stereocenters. The van der Waals surface area contributed by atoms with Gasteiger partial charge in [0.05, 0.1) is 0 Å². The zero-order chi connectivity index (χ0) is 23.1. The molecule has 12 heteroatoms. The number of aromatic amines is 1. The van der Waals surface area contributed by atoms with Crippen molar-refractivity contribution in [2.24, 2.45) is 0 Å². The molecule has 1 aromatic heterocycles. The second-order valence-electron chi connectivity index (χ2n) is 6.94. The van der Waals surface area contributed by atoms with Crippen LogP contribution < -0.4 is 10.5 Å². The van der Waals surface area contributed by atoms with E-state index in [9.17, 15) is 26.4 Å². The Morgan fingerprint density at radius 3 is 2.29 bits per heavy atom. The molecule has 0 radical (unpaired) electrons. The number of H-pyrrole nitrogens is 1. The third-order valence-electron chi connectivity index (χ3n) is 4.92. The summed E-state index contributed by atoms with van der Waals surface area (Å²) in [6, 6.07) is 2.55. The molecule has 0 spiro atoms. The van der Waals surface area contributed by atoms with Gasteiger partial charge in [0.25, 0.3) is 0 Å². The summed E-state index contributed by atoms with van der Waals surface area (Å²) in [7, 11) is -4.86. The van der Waals surface area contributed by atoms with E-state index in [4.69, 9.17) is 16.0 Å². The molecule has 2 aromatic carbocycles. The summed E-state index contributed by atoms with van der Waals surface area (Å²) in [4.78, 5) is 10.2. The molecule has 166 valence electrons. The van der Waals surface area contributed by atoms with E-state index in [-0.39, 0.29) is 10.6 Å². The van der Waals surface area contributed by atoms with Crippen LogP contribution in [-0.4, -0.2) is 18.6 Å². The maximum absolute atomic E-state index is 14.7. The van der Waals surface area contributed by atoms with Crippen molar-refractivity contribution in [3.8, 4) is 0 Å². The number of rotatable bonds is 6. The van der Waals surface area contributed by atoms with Crippen molar-refractivity contribution in [1.29, 1.82) is 0 Å². The molecule has 2 N–H and O–H groups in total. The highest BCUT2D eigenvalue weighted by Crippen LogP contribution is 2.36. The van der Waals surface area contributed by atoms with Crippen molar-refractivity contribution in [2.75, 3.05) is 0 Å². The van der Waals surface area contributed by atoms with Gasteiger partial charge in [-0.3, -0.25) is 0 Å². The van der Waals surface area contributed by atoms with Crippen LogP contribution in [0, 0.1) is 31.3 Å². The van der Waals surface area contributed by atoms with Crippen molar-refractivity contribution in [3.05, 3.63) is 79.9 Å². The Bertz CT molecular complexity index is 1280. The Morgan fingerprint density at radius 1 is 1.13 bits per heavy atom. The molecule has 31 heavy (non-hydrogen) atoms. The van der Waals surface area contributed by atoms with Gasteiger partial charge in [0.1, 0.15) is 23.5 Å². The molecule has 0 amide bonds. The zero-order valence-corrected chi connectivity index (χ0v) is 18.0. The number of hydrogen-bond acceptors (Lipinski definition) is 5. The lowest BCUT2D eigenvalue weighted by Gasteiger charge is -2.25. The lowest BCUT2D eigenvalue weighted by atomic mass is 9.88. The van der Waals surface area contributed by atoms with E-state index in [1.807, 2.05) is 5.10 Å². The molecule has 2 unspecified atom stereocenters. The monoisotopic (exact) mass is 475 g/mol. The van der Waals surface area contributed by atoms with Crippen LogP contribution in [0.4, 0.5) is 13.2 Å². The average Bonchev–Trinajstić information content (AvgIpc) is 3.08. The third kappa shape index (κ3) is 4.53. The van der Waals surface area contributed by atoms with E-state index in [0.717, 1.165) is 5.56 Å². The first kappa shape index (κ1) is 23.0. The van der Waals surface area contributed by atoms with Gasteiger partial charge in [-0.2, -0.15) is 4.72 Å². The Morgan fingerprint density at radius 2 is 1.74 bits per heavy atom. The van der Waals surface area contributed by atoms with Gasteiger partial charge in [0, 0.05) is 10.9 Å². The minimum atomic E-state index is -4.86. The van der Waals surface area contributed by atoms with E-state index in [0.29, 0.717) is 17.7 Å². The van der Waals surface area contributed by atoms with Crippen LogP contribution in [-0.2, 0) is 10.0 Å². The Balaban J connectivity index is 2.14. The fraction of sp³-hybridized carbons (Fsp3) is 0.263. The number of nitrogens with one attached hydrogen (secondary N) is 2. The van der Waals surface area contributed by atoms with Gasteiger partial charge in [0.2, 0.25) is 15.9 Å². The lowest BCUT2D eigenvalue weighted by Crippen LogP contribution is -2.34. The normalized spacial score (nSPS) is 13.9. The largest absolute Gasteiger partial charge is 0.434 e. The first-order chi connectivity index (χ1) is 14.4. The lowest BCUT2D eigenvalue weighted by molar-refractivity contribution is 0.375. The Labute approximate surface area is 180 Å². The predicted octanol–water partition coefficient (Wildman–Crippen LogP) is 3.87. The maximum Gasteiger partial charge on any atom is 0.434 e. The summed E-state index contributed by atoms with van der Waals surface area (Å²) in [6.07, 6.45) is 0. The molecule has 0 saturated heterocycles. The van der Waals surface area contributed by atoms with Crippen LogP contribution in [0.15, 0.2) is 38.4 Å². The fourth-order valence-corrected chi connectivity index (χ4v) is 4.86. The fourth-order valence-electron chi connectivity index (χ4n) is 3.28. The van der Waals surface area contributed by atoms with Crippen LogP contribution >= 0.6 is 11.6 Å². The van der Waals surface area contributed by atoms with Crippen molar-refractivity contribution in [1.82, 2.24) is 14.9 Å². The van der Waals surface area contributed by atoms with E-state index < -0.39 is 56.0 Å². The molecular weight excluding hydrogens is 459 g/mol. The zero-order valence-electron chi connectivity index (χ0n) is 16.5. The summed E-state index contributed by atoms with van der Waals surface area (Å²) >= 11 is 5.56. The second-order valence-corrected chi connectivity index (χ2v) is 9.03. The number of halogens is 4. The van der Waals surface area contributed by atoms with Gasteiger partial charge in [-0.1, -0.05) is 24.6 Å². The smallest absolute Gasteiger partial charge is 0.391 e. The summed E-state index contributed by atoms with van der Waals surface area (Å²) in [5.74, 6) is -5.90. The van der Waals surface area contributed by atoms with Crippen LogP contribution in [0.25, 0.3) is 0 Å². The minimum absolute atomic E-state index is 0.121. The van der Waals surface area contributed by atoms with E-state index in [1.165, 1.54) is 13.0 Å². The number of hydrogen-bond donors (Lipinski definition) is 2. The van der Waals surface area contributed by atoms with Gasteiger partial charge in [-0.25, -0.2) is 31.5 Å². The standard InChI is InChI=1S/C19H17ClF3N3O4S/c1-8-4-5-12(21)15(9(8)2)10(3)16(18-24-25-19(27)30-18)26-31(28,29)17-13(22)6-11(20)7-14(17)23/h4-7,10,16,26H,1-3H3,(H,25,27). The number of aryl methyl sites for hydroxylation is 1. The Kier molecular flexibility index (Phi) is 6.30. The van der Waals surface area contributed by atoms with Gasteiger partial charge in [-0.15, -0.1) is 5.10 Å². The predicted molar refractivity (Wildman–Crippen MR) is 106 cm³/mol. The molecule has 1 heterocycles. The van der Waals surface area contributed by atoms with Gasteiger partial charge in [0.15, 0.2) is 4.90 Å². The molecular formula is C19H17ClF3N3O4S. The van der Waals surface area contributed by atoms with Crippen LogP contribution in [0.2, 0.25) is 5.02 Å². The van der Waals surface area contributed by atoms with Crippen LogP contribution in [0.5, 0.6) is 0 Å². The van der Waals surface area contributed by atoms with E-state index in [1.54, 1.807) is 19.9 Å². The number of nitrogens with zero attached hydrogens (tertiary/aromatic N) is 1. The molecule has 7 nitrogen and oxygen atoms in total. The summed E-state index contributed by atoms with van der Waals surface area (Å²) in [5.41, 5.74) is 1.37. The minimum Gasteiger partial charge on any atom is -0.391 e. The molecule has 0 aliphatic heterocycles. The van der Waals surface area contributed by atoms with Crippen molar-refractivity contribution >= 4 is 21.6 Å². The van der Waals surface area contributed by atoms with Crippen LogP contribution in [0.1, 0.15) is 41.5 Å². The van der Waals surface area contributed by atoms with Crippen LogP contribution in [0.3, 0.4) is 0 Å². The average molecular weight is 476 g/mol. The SMILES string of the molecule is Cc1ccc(F)c(C(C)C(NS(=O)(=O)c2c(F)cc(Cl)cc2F)c2n[nH]c(=O)o2)c1C. The number of aromatic nitrogens is 2. The van der Waals surface area contributed by atoms with Gasteiger partial charge >= 0.3 is 5.76 Å². The van der Waals surface area contributed by atoms with Gasteiger partial charge < -0.3 is 4.42 Å². The maximum atomic E-state index is 14.7. The highest BCUT2D eigenvalue weighted by molar-refractivity contribution is 7.89. The number of benzene rings is 2. The highest BCUT2D eigenvalue weighted by atomic mass is 35.5. The molecule has 0 aliphatic carbocycles. The number of sulfonamides is 1. The van der Waals surface area contributed by atoms with Gasteiger partial charge in [-0.05, 0) is 48.7 Å². The highest BCUT2D eigenvalue weighted by Gasteiger charge is 2.35. The topological polar surface area (TPSA) is 105 Å². The molecule has 3 rings (SSSR count). The molecule has 3 aromatic rings. The third-order valence-corrected chi connectivity index (χ3v) is 6.63. The molecule has 0 bridgehead atoms. The van der Waals surface area contributed by atoms with Crippen molar-refractivity contribution < 1.29 is 26.0 Å². The summed E-state index contributed by atoms with van der Waals surface area (Å²) in [5, 5.41) is 5.27. The molecule has 0 saturated carbocycles. The van der Waals surface area contributed by atoms with E-state index in [2.05, 4.69) is 9.82 Å². The summed E-state index contributed by atoms with van der Waals surface area (Å²) < 4.78 is 75.9.